The molecule has 0 saturated heterocycles. The van der Waals surface area contributed by atoms with Gasteiger partial charge in [-0.2, -0.15) is 21.6 Å². The highest BCUT2D eigenvalue weighted by Gasteiger charge is 2.48. The Morgan fingerprint density at radius 1 is 1.05 bits per heavy atom. The summed E-state index contributed by atoms with van der Waals surface area (Å²) >= 11 is 0. The van der Waals surface area contributed by atoms with E-state index in [-0.39, 0.29) is 12.0 Å². The van der Waals surface area contributed by atoms with E-state index in [4.69, 9.17) is 5.11 Å². The van der Waals surface area contributed by atoms with Crippen molar-refractivity contribution in [3.8, 4) is 5.75 Å². The second kappa shape index (κ2) is 4.95. The van der Waals surface area contributed by atoms with Gasteiger partial charge in [0.15, 0.2) is 5.75 Å². The van der Waals surface area contributed by atoms with Gasteiger partial charge in [0, 0.05) is 5.39 Å². The van der Waals surface area contributed by atoms with Crippen LogP contribution in [-0.4, -0.2) is 19.0 Å². The molecule has 0 aliphatic rings. The van der Waals surface area contributed by atoms with Crippen LogP contribution in [0.15, 0.2) is 36.4 Å². The average Bonchev–Trinajstić information content (AvgIpc) is 2.37. The smallest absolute Gasteiger partial charge is 0.392 e. The fraction of sp³-hybridized carbons (Fsp3) is 0.167. The number of alkyl halides is 3. The molecule has 0 aromatic heterocycles. The summed E-state index contributed by atoms with van der Waals surface area (Å²) in [7, 11) is -5.72. The summed E-state index contributed by atoms with van der Waals surface area (Å²) in [4.78, 5) is 0. The molecule has 0 aliphatic heterocycles. The molecular weight excluding hydrogens is 297 g/mol. The van der Waals surface area contributed by atoms with Gasteiger partial charge in [-0.15, -0.1) is 0 Å². The molecule has 1 N–H and O–H groups in total. The van der Waals surface area contributed by atoms with Crippen molar-refractivity contribution < 1.29 is 30.9 Å². The Morgan fingerprint density at radius 3 is 2.20 bits per heavy atom. The second-order valence-corrected chi connectivity index (χ2v) is 5.45. The van der Waals surface area contributed by atoms with E-state index in [2.05, 4.69) is 4.18 Å². The zero-order valence-electron chi connectivity index (χ0n) is 9.89. The minimum Gasteiger partial charge on any atom is -0.392 e. The minimum atomic E-state index is -5.72. The van der Waals surface area contributed by atoms with Gasteiger partial charge in [-0.25, -0.2) is 0 Å². The van der Waals surface area contributed by atoms with Gasteiger partial charge in [0.1, 0.15) is 0 Å². The van der Waals surface area contributed by atoms with Gasteiger partial charge in [-0.3, -0.25) is 0 Å². The third-order valence-corrected chi connectivity index (χ3v) is 3.59. The monoisotopic (exact) mass is 306 g/mol. The Morgan fingerprint density at radius 2 is 1.65 bits per heavy atom. The number of benzene rings is 2. The first-order valence-electron chi connectivity index (χ1n) is 5.38. The lowest BCUT2D eigenvalue weighted by Gasteiger charge is -2.12. The second-order valence-electron chi connectivity index (χ2n) is 3.91. The van der Waals surface area contributed by atoms with Crippen molar-refractivity contribution in [3.05, 3.63) is 42.0 Å². The van der Waals surface area contributed by atoms with E-state index >= 15 is 0 Å². The van der Waals surface area contributed by atoms with Gasteiger partial charge in [0.25, 0.3) is 0 Å². The van der Waals surface area contributed by atoms with Crippen molar-refractivity contribution in [2.75, 3.05) is 0 Å². The highest BCUT2D eigenvalue weighted by atomic mass is 32.2. The molecule has 2 rings (SSSR count). The number of hydrogen-bond donors (Lipinski definition) is 1. The Hall–Kier alpha value is -1.80. The van der Waals surface area contributed by atoms with Crippen molar-refractivity contribution in [2.24, 2.45) is 0 Å². The number of rotatable bonds is 3. The molecule has 0 amide bonds. The summed E-state index contributed by atoms with van der Waals surface area (Å²) in [5.74, 6) is -0.435. The van der Waals surface area contributed by atoms with Crippen LogP contribution in [0.5, 0.6) is 5.75 Å². The van der Waals surface area contributed by atoms with Crippen LogP contribution in [0.1, 0.15) is 5.56 Å². The normalized spacial score (nSPS) is 12.6. The van der Waals surface area contributed by atoms with E-state index < -0.39 is 21.4 Å². The molecular formula is C12H9F3O4S. The fourth-order valence-corrected chi connectivity index (χ4v) is 2.19. The quantitative estimate of drug-likeness (QED) is 0.699. The molecule has 108 valence electrons. The number of aliphatic hydroxyl groups is 1. The first-order chi connectivity index (χ1) is 9.26. The first-order valence-corrected chi connectivity index (χ1v) is 6.79. The van der Waals surface area contributed by atoms with Crippen LogP contribution in [0.25, 0.3) is 10.8 Å². The summed E-state index contributed by atoms with van der Waals surface area (Å²) in [5, 5.41) is 9.74. The van der Waals surface area contributed by atoms with E-state index in [1.54, 1.807) is 12.1 Å². The molecule has 0 atom stereocenters. The lowest BCUT2D eigenvalue weighted by molar-refractivity contribution is -0.0499. The number of halogens is 3. The van der Waals surface area contributed by atoms with Crippen LogP contribution in [-0.2, 0) is 16.7 Å². The van der Waals surface area contributed by atoms with Crippen molar-refractivity contribution in [1.82, 2.24) is 0 Å². The Labute approximate surface area is 112 Å². The lowest BCUT2D eigenvalue weighted by atomic mass is 10.0. The standard InChI is InChI=1S/C12H9F3O4S/c13-12(14,15)20(17,18)19-11-6-5-8(7-16)9-3-1-2-4-10(9)11/h1-6,16H,7H2. The predicted octanol–water partition coefficient (Wildman–Crippen LogP) is 2.56. The van der Waals surface area contributed by atoms with E-state index in [1.807, 2.05) is 0 Å². The third-order valence-electron chi connectivity index (χ3n) is 2.63. The summed E-state index contributed by atoms with van der Waals surface area (Å²) < 4.78 is 63.1. The first kappa shape index (κ1) is 14.6. The fourth-order valence-electron chi connectivity index (χ4n) is 1.71. The van der Waals surface area contributed by atoms with Crippen molar-refractivity contribution in [3.63, 3.8) is 0 Å². The average molecular weight is 306 g/mol. The van der Waals surface area contributed by atoms with Gasteiger partial charge in [0.2, 0.25) is 0 Å². The molecule has 0 saturated carbocycles. The third kappa shape index (κ3) is 2.56. The molecule has 2 aromatic carbocycles. The molecule has 8 heteroatoms. The summed E-state index contributed by atoms with van der Waals surface area (Å²) in [6, 6.07) is 8.49. The van der Waals surface area contributed by atoms with Crippen molar-refractivity contribution in [1.29, 1.82) is 0 Å². The highest BCUT2D eigenvalue weighted by molar-refractivity contribution is 7.88. The zero-order valence-corrected chi connectivity index (χ0v) is 10.7. The molecule has 4 nitrogen and oxygen atoms in total. The molecule has 0 radical (unpaired) electrons. The maximum Gasteiger partial charge on any atom is 0.534 e. The van der Waals surface area contributed by atoms with Gasteiger partial charge < -0.3 is 9.29 Å². The Bertz CT molecular complexity index is 738. The van der Waals surface area contributed by atoms with Crippen LogP contribution in [0.4, 0.5) is 13.2 Å². The van der Waals surface area contributed by atoms with Crippen LogP contribution >= 0.6 is 0 Å². The SMILES string of the molecule is O=S(=O)(Oc1ccc(CO)c2ccccc12)C(F)(F)F. The molecule has 0 unspecified atom stereocenters. The van der Waals surface area contributed by atoms with E-state index in [9.17, 15) is 21.6 Å². The van der Waals surface area contributed by atoms with Crippen LogP contribution in [0, 0.1) is 0 Å². The minimum absolute atomic E-state index is 0.173. The molecule has 0 bridgehead atoms. The summed E-state index contributed by atoms with van der Waals surface area (Å²) in [6.07, 6.45) is 0. The van der Waals surface area contributed by atoms with Gasteiger partial charge in [-0.1, -0.05) is 30.3 Å². The highest BCUT2D eigenvalue weighted by Crippen LogP contribution is 2.33. The van der Waals surface area contributed by atoms with Crippen LogP contribution < -0.4 is 4.18 Å². The van der Waals surface area contributed by atoms with Gasteiger partial charge in [-0.05, 0) is 17.0 Å². The van der Waals surface area contributed by atoms with Crippen molar-refractivity contribution in [2.45, 2.75) is 12.1 Å². The maximum absolute atomic E-state index is 12.3. The Kier molecular flexibility index (Phi) is 3.61. The number of aliphatic hydroxyl groups excluding tert-OH is 1. The lowest BCUT2D eigenvalue weighted by Crippen LogP contribution is -2.28. The largest absolute Gasteiger partial charge is 0.534 e. The number of hydrogen-bond acceptors (Lipinski definition) is 4. The molecule has 0 aliphatic carbocycles. The zero-order chi connectivity index (χ0) is 15.0. The molecule has 2 aromatic rings. The van der Waals surface area contributed by atoms with Crippen LogP contribution in [0.3, 0.4) is 0 Å². The summed E-state index contributed by atoms with van der Waals surface area (Å²) in [6.45, 7) is -0.327. The van der Waals surface area contributed by atoms with Gasteiger partial charge >= 0.3 is 15.6 Å². The molecule has 0 heterocycles. The maximum atomic E-state index is 12.3. The van der Waals surface area contributed by atoms with E-state index in [1.165, 1.54) is 18.2 Å². The van der Waals surface area contributed by atoms with E-state index in [0.717, 1.165) is 6.07 Å². The molecule has 20 heavy (non-hydrogen) atoms. The van der Waals surface area contributed by atoms with Gasteiger partial charge in [0.05, 0.1) is 6.61 Å². The van der Waals surface area contributed by atoms with Crippen molar-refractivity contribution >= 4 is 20.9 Å². The molecule has 0 spiro atoms. The van der Waals surface area contributed by atoms with Crippen LogP contribution in [0.2, 0.25) is 0 Å². The molecule has 0 fully saturated rings. The van der Waals surface area contributed by atoms with E-state index in [0.29, 0.717) is 10.9 Å². The predicted molar refractivity (Wildman–Crippen MR) is 65.5 cm³/mol. The summed E-state index contributed by atoms with van der Waals surface area (Å²) in [5.41, 5.74) is -5.04. The topological polar surface area (TPSA) is 63.6 Å². The Balaban J connectivity index is 2.58. The number of fused-ring (bicyclic) bond motifs is 1.